The second-order valence-corrected chi connectivity index (χ2v) is 8.57. The first kappa shape index (κ1) is 19.8. The van der Waals surface area contributed by atoms with Crippen LogP contribution in [0.1, 0.15) is 17.0 Å². The molecule has 13 heteroatoms. The highest BCUT2D eigenvalue weighted by molar-refractivity contribution is 7.26. The Kier molecular flexibility index (Phi) is 3.94. The van der Waals surface area contributed by atoms with E-state index in [4.69, 9.17) is 4.52 Å². The van der Waals surface area contributed by atoms with E-state index in [1.807, 2.05) is 14.0 Å². The lowest BCUT2D eigenvalue weighted by atomic mass is 10.1. The third-order valence-electron chi connectivity index (χ3n) is 5.49. The van der Waals surface area contributed by atoms with Crippen molar-refractivity contribution in [2.45, 2.75) is 20.0 Å². The van der Waals surface area contributed by atoms with Gasteiger partial charge in [0.25, 0.3) is 0 Å². The van der Waals surface area contributed by atoms with Gasteiger partial charge >= 0.3 is 6.18 Å². The van der Waals surface area contributed by atoms with E-state index >= 15 is 0 Å². The molecule has 0 N–H and O–H groups in total. The van der Waals surface area contributed by atoms with Crippen LogP contribution in [0.25, 0.3) is 48.9 Å². The molecule has 33 heavy (non-hydrogen) atoms. The number of rotatable bonds is 2. The van der Waals surface area contributed by atoms with Gasteiger partial charge in [0.15, 0.2) is 17.1 Å². The number of halogens is 3. The molecule has 0 aromatic carbocycles. The van der Waals surface area contributed by atoms with E-state index in [1.54, 1.807) is 23.9 Å². The van der Waals surface area contributed by atoms with Gasteiger partial charge in [0, 0.05) is 24.2 Å². The van der Waals surface area contributed by atoms with E-state index in [-0.39, 0.29) is 4.83 Å². The molecule has 0 atom stereocenters. The van der Waals surface area contributed by atoms with Crippen molar-refractivity contribution in [1.29, 1.82) is 0 Å². The fourth-order valence-electron chi connectivity index (χ4n) is 3.71. The average molecular weight is 470 g/mol. The summed E-state index contributed by atoms with van der Waals surface area (Å²) >= 11 is 1.10. The Labute approximate surface area is 186 Å². The summed E-state index contributed by atoms with van der Waals surface area (Å²) in [6.07, 6.45) is -1.37. The van der Waals surface area contributed by atoms with Crippen LogP contribution < -0.4 is 0 Å². The van der Waals surface area contributed by atoms with Crippen molar-refractivity contribution in [2.24, 2.45) is 7.05 Å². The standard InChI is InChI=1S/C20H13F3N8OS/c1-8-4-13(20(21,22)23)26-19-14(8)15-16(33-19)18-27-17(28-31(18)7-24-15)11-5-12(32-29-11)10-6-25-30(3)9(10)2/h4-7H,1-3H3. The fraction of sp³-hybridized carbons (Fsp3) is 0.200. The van der Waals surface area contributed by atoms with E-state index in [0.29, 0.717) is 44.1 Å². The number of nitrogens with zero attached hydrogens (tertiary/aromatic N) is 8. The van der Waals surface area contributed by atoms with E-state index in [9.17, 15) is 13.2 Å². The Bertz CT molecular complexity index is 1710. The number of aromatic nitrogens is 8. The van der Waals surface area contributed by atoms with Gasteiger partial charge in [0.2, 0.25) is 5.82 Å². The Morgan fingerprint density at radius 2 is 1.94 bits per heavy atom. The summed E-state index contributed by atoms with van der Waals surface area (Å²) in [7, 11) is 1.83. The molecule has 6 aromatic heterocycles. The third-order valence-corrected chi connectivity index (χ3v) is 6.56. The summed E-state index contributed by atoms with van der Waals surface area (Å²) in [5.74, 6) is 0.832. The maximum absolute atomic E-state index is 13.2. The lowest BCUT2D eigenvalue weighted by Crippen LogP contribution is -2.07. The van der Waals surface area contributed by atoms with Crippen LogP contribution in [0.5, 0.6) is 0 Å². The second kappa shape index (κ2) is 6.57. The van der Waals surface area contributed by atoms with Gasteiger partial charge in [-0.05, 0) is 25.5 Å². The Hall–Kier alpha value is -3.87. The highest BCUT2D eigenvalue weighted by Crippen LogP contribution is 2.38. The predicted molar refractivity (Wildman–Crippen MR) is 114 cm³/mol. The van der Waals surface area contributed by atoms with Crippen LogP contribution >= 0.6 is 11.3 Å². The first-order valence-corrected chi connectivity index (χ1v) is 10.5. The SMILES string of the molecule is Cc1cc(C(F)(F)F)nc2sc3c(ncn4nc(-c5cc(-c6cnn(C)c6C)on5)nc34)c12. The highest BCUT2D eigenvalue weighted by Gasteiger charge is 2.33. The molecule has 0 aliphatic carbocycles. The van der Waals surface area contributed by atoms with Crippen molar-refractivity contribution in [3.63, 3.8) is 0 Å². The number of hydrogen-bond donors (Lipinski definition) is 0. The van der Waals surface area contributed by atoms with Crippen LogP contribution in [-0.4, -0.2) is 39.5 Å². The molecule has 0 fully saturated rings. The molecule has 0 amide bonds. The van der Waals surface area contributed by atoms with Gasteiger partial charge in [0.1, 0.15) is 21.6 Å². The molecule has 166 valence electrons. The van der Waals surface area contributed by atoms with E-state index in [0.717, 1.165) is 28.7 Å². The quantitative estimate of drug-likeness (QED) is 0.365. The van der Waals surface area contributed by atoms with Crippen LogP contribution in [0.3, 0.4) is 0 Å². The zero-order chi connectivity index (χ0) is 23.1. The maximum atomic E-state index is 13.2. The summed E-state index contributed by atoms with van der Waals surface area (Å²) < 4.78 is 48.9. The summed E-state index contributed by atoms with van der Waals surface area (Å²) in [5, 5.41) is 13.3. The van der Waals surface area contributed by atoms with Gasteiger partial charge in [-0.15, -0.1) is 16.4 Å². The van der Waals surface area contributed by atoms with Gasteiger partial charge in [-0.1, -0.05) is 5.16 Å². The Balaban J connectivity index is 1.51. The Morgan fingerprint density at radius 1 is 1.12 bits per heavy atom. The van der Waals surface area contributed by atoms with Crippen LogP contribution in [0.2, 0.25) is 0 Å². The van der Waals surface area contributed by atoms with Gasteiger partial charge in [-0.3, -0.25) is 4.68 Å². The molecule has 0 saturated carbocycles. The lowest BCUT2D eigenvalue weighted by molar-refractivity contribution is -0.141. The second-order valence-electron chi connectivity index (χ2n) is 7.57. The van der Waals surface area contributed by atoms with Gasteiger partial charge in [-0.2, -0.15) is 18.3 Å². The number of alkyl halides is 3. The summed E-state index contributed by atoms with van der Waals surface area (Å²) in [6, 6.07) is 2.75. The fourth-order valence-corrected chi connectivity index (χ4v) is 4.89. The molecule has 0 bridgehead atoms. The molecular weight excluding hydrogens is 457 g/mol. The van der Waals surface area contributed by atoms with Crippen molar-refractivity contribution in [1.82, 2.24) is 39.5 Å². The minimum Gasteiger partial charge on any atom is -0.355 e. The summed E-state index contributed by atoms with van der Waals surface area (Å²) in [6.45, 7) is 3.53. The van der Waals surface area contributed by atoms with Crippen molar-refractivity contribution in [3.05, 3.63) is 41.6 Å². The van der Waals surface area contributed by atoms with Crippen molar-refractivity contribution in [3.8, 4) is 22.8 Å². The smallest absolute Gasteiger partial charge is 0.355 e. The number of fused-ring (bicyclic) bond motifs is 5. The summed E-state index contributed by atoms with van der Waals surface area (Å²) in [4.78, 5) is 13.1. The normalized spacial score (nSPS) is 12.5. The third kappa shape index (κ3) is 2.92. The van der Waals surface area contributed by atoms with Crippen LogP contribution in [0.4, 0.5) is 13.2 Å². The Morgan fingerprint density at radius 3 is 2.67 bits per heavy atom. The molecule has 0 unspecified atom stereocenters. The number of pyridine rings is 1. The van der Waals surface area contributed by atoms with E-state index in [1.165, 1.54) is 10.8 Å². The van der Waals surface area contributed by atoms with Crippen LogP contribution in [0, 0.1) is 13.8 Å². The lowest BCUT2D eigenvalue weighted by Gasteiger charge is -2.06. The van der Waals surface area contributed by atoms with Crippen molar-refractivity contribution >= 4 is 37.4 Å². The minimum absolute atomic E-state index is 0.248. The molecule has 9 nitrogen and oxygen atoms in total. The number of hydrogen-bond acceptors (Lipinski definition) is 8. The molecule has 0 radical (unpaired) electrons. The van der Waals surface area contributed by atoms with Gasteiger partial charge in [0.05, 0.1) is 17.3 Å². The first-order chi connectivity index (χ1) is 15.7. The van der Waals surface area contributed by atoms with Crippen molar-refractivity contribution in [2.75, 3.05) is 0 Å². The molecular formula is C20H13F3N8OS. The van der Waals surface area contributed by atoms with Crippen LogP contribution in [0.15, 0.2) is 29.2 Å². The first-order valence-electron chi connectivity index (χ1n) is 9.69. The molecule has 0 spiro atoms. The van der Waals surface area contributed by atoms with E-state index < -0.39 is 11.9 Å². The zero-order valence-corrected chi connectivity index (χ0v) is 18.2. The molecule has 0 saturated heterocycles. The molecule has 6 rings (SSSR count). The largest absolute Gasteiger partial charge is 0.433 e. The van der Waals surface area contributed by atoms with Gasteiger partial charge < -0.3 is 4.52 Å². The number of aryl methyl sites for hydroxylation is 2. The number of thiophene rings is 1. The highest BCUT2D eigenvalue weighted by atomic mass is 32.1. The predicted octanol–water partition coefficient (Wildman–Crippen LogP) is 4.58. The maximum Gasteiger partial charge on any atom is 0.433 e. The average Bonchev–Trinajstić information content (AvgIpc) is 3.51. The molecule has 6 heterocycles. The minimum atomic E-state index is -4.53. The zero-order valence-electron chi connectivity index (χ0n) is 17.3. The molecule has 0 aliphatic rings. The van der Waals surface area contributed by atoms with Gasteiger partial charge in [-0.25, -0.2) is 19.5 Å². The monoisotopic (exact) mass is 470 g/mol. The van der Waals surface area contributed by atoms with Crippen LogP contribution in [-0.2, 0) is 13.2 Å². The molecule has 6 aromatic rings. The topological polar surface area (TPSA) is 99.8 Å². The molecule has 0 aliphatic heterocycles. The summed E-state index contributed by atoms with van der Waals surface area (Å²) in [5.41, 5.74) is 2.63. The van der Waals surface area contributed by atoms with E-state index in [2.05, 4.69) is 30.3 Å². The van der Waals surface area contributed by atoms with Crippen molar-refractivity contribution < 1.29 is 17.7 Å².